The van der Waals surface area contributed by atoms with Crippen LogP contribution >= 0.6 is 0 Å². The van der Waals surface area contributed by atoms with Gasteiger partial charge in [-0.15, -0.1) is 0 Å². The third kappa shape index (κ3) is 3.38. The normalized spacial score (nSPS) is 13.7. The molecule has 0 atom stereocenters. The second-order valence-electron chi connectivity index (χ2n) is 7.78. The number of imide groups is 1. The van der Waals surface area contributed by atoms with Gasteiger partial charge in [0.15, 0.2) is 0 Å². The van der Waals surface area contributed by atoms with E-state index in [1.54, 1.807) is 44.3 Å². The van der Waals surface area contributed by atoms with Crippen molar-refractivity contribution >= 4 is 34.3 Å². The molecule has 2 heterocycles. The monoisotopic (exact) mass is 387 g/mol. The topological polar surface area (TPSA) is 79.4 Å². The number of pyridine rings is 1. The van der Waals surface area contributed by atoms with Crippen LogP contribution in [0.1, 0.15) is 41.0 Å². The molecular weight excluding hydrogens is 366 g/mol. The zero-order chi connectivity index (χ0) is 20.6. The van der Waals surface area contributed by atoms with E-state index in [1.165, 1.54) is 4.90 Å². The summed E-state index contributed by atoms with van der Waals surface area (Å²) in [4.78, 5) is 43.6. The van der Waals surface area contributed by atoms with Crippen molar-refractivity contribution in [3.8, 4) is 0 Å². The van der Waals surface area contributed by atoms with Crippen molar-refractivity contribution < 1.29 is 14.4 Å². The molecule has 29 heavy (non-hydrogen) atoms. The molecule has 146 valence electrons. The molecule has 6 heteroatoms. The van der Waals surface area contributed by atoms with Gasteiger partial charge in [-0.25, -0.2) is 0 Å². The largest absolute Gasteiger partial charge is 0.324 e. The summed E-state index contributed by atoms with van der Waals surface area (Å²) >= 11 is 0. The Hall–Kier alpha value is -3.54. The summed E-state index contributed by atoms with van der Waals surface area (Å²) < 4.78 is 0. The van der Waals surface area contributed by atoms with E-state index in [0.29, 0.717) is 23.2 Å². The predicted molar refractivity (Wildman–Crippen MR) is 111 cm³/mol. The Kier molecular flexibility index (Phi) is 4.62. The van der Waals surface area contributed by atoms with E-state index in [0.717, 1.165) is 10.9 Å². The average molecular weight is 387 g/mol. The molecule has 1 aliphatic rings. The van der Waals surface area contributed by atoms with Gasteiger partial charge in [0.25, 0.3) is 11.8 Å². The van der Waals surface area contributed by atoms with E-state index in [4.69, 9.17) is 0 Å². The molecule has 2 aromatic carbocycles. The molecule has 0 unspecified atom stereocenters. The first kappa shape index (κ1) is 18.8. The van der Waals surface area contributed by atoms with Gasteiger partial charge in [0.2, 0.25) is 5.91 Å². The minimum Gasteiger partial charge on any atom is -0.324 e. The molecule has 1 N–H and O–H groups in total. The first-order chi connectivity index (χ1) is 13.9. The van der Waals surface area contributed by atoms with Gasteiger partial charge >= 0.3 is 0 Å². The highest BCUT2D eigenvalue weighted by Crippen LogP contribution is 2.29. The summed E-state index contributed by atoms with van der Waals surface area (Å²) in [6.45, 7) is 3.79. The highest BCUT2D eigenvalue weighted by Gasteiger charge is 2.37. The lowest BCUT2D eigenvalue weighted by molar-refractivity contribution is -0.124. The number of benzene rings is 2. The Morgan fingerprint density at radius 3 is 2.31 bits per heavy atom. The molecule has 3 aromatic rings. The molecule has 1 aliphatic heterocycles. The smallest absolute Gasteiger partial charge is 0.261 e. The fourth-order valence-corrected chi connectivity index (χ4v) is 3.44. The summed E-state index contributed by atoms with van der Waals surface area (Å²) in [6, 6.07) is 16.2. The third-order valence-electron chi connectivity index (χ3n) is 5.33. The number of fused-ring (bicyclic) bond motifs is 2. The van der Waals surface area contributed by atoms with Crippen molar-refractivity contribution in [2.45, 2.75) is 20.3 Å². The molecule has 0 aliphatic carbocycles. The van der Waals surface area contributed by atoms with Crippen molar-refractivity contribution in [2.75, 3.05) is 11.9 Å². The Bertz CT molecular complexity index is 1100. The van der Waals surface area contributed by atoms with Gasteiger partial charge in [0.1, 0.15) is 0 Å². The average Bonchev–Trinajstić information content (AvgIpc) is 2.97. The zero-order valence-corrected chi connectivity index (χ0v) is 16.3. The highest BCUT2D eigenvalue weighted by atomic mass is 16.2. The third-order valence-corrected chi connectivity index (χ3v) is 5.33. The minimum atomic E-state index is -0.785. The van der Waals surface area contributed by atoms with Gasteiger partial charge < -0.3 is 5.32 Å². The Labute approximate surface area is 168 Å². The van der Waals surface area contributed by atoms with E-state index >= 15 is 0 Å². The second kappa shape index (κ2) is 7.13. The molecular formula is C23H21N3O3. The molecule has 6 nitrogen and oxygen atoms in total. The number of para-hydroxylation sites is 1. The van der Waals surface area contributed by atoms with Crippen LogP contribution in [0.5, 0.6) is 0 Å². The number of amides is 3. The van der Waals surface area contributed by atoms with Crippen LogP contribution < -0.4 is 5.32 Å². The van der Waals surface area contributed by atoms with Gasteiger partial charge in [0, 0.05) is 23.5 Å². The molecule has 4 rings (SSSR count). The lowest BCUT2D eigenvalue weighted by Crippen LogP contribution is -2.37. The predicted octanol–water partition coefficient (Wildman–Crippen LogP) is 3.89. The van der Waals surface area contributed by atoms with Crippen LogP contribution in [0.2, 0.25) is 0 Å². The van der Waals surface area contributed by atoms with E-state index in [-0.39, 0.29) is 24.3 Å². The standard InChI is InChI=1S/C23H21N3O3/c1-23(2,12-14-26-20(27)16-9-3-4-10-17(16)21(26)28)22(29)25-18-11-5-7-15-8-6-13-24-19(15)18/h3-11,13H,12,14H2,1-2H3,(H,25,29). The molecule has 0 saturated heterocycles. The SMILES string of the molecule is CC(C)(CCN1C(=O)c2ccccc2C1=O)C(=O)Nc1cccc2cccnc12. The van der Waals surface area contributed by atoms with Gasteiger partial charge in [-0.3, -0.25) is 24.3 Å². The quantitative estimate of drug-likeness (QED) is 0.674. The zero-order valence-electron chi connectivity index (χ0n) is 16.3. The first-order valence-electron chi connectivity index (χ1n) is 9.49. The maximum absolute atomic E-state index is 12.9. The van der Waals surface area contributed by atoms with Crippen LogP contribution in [-0.2, 0) is 4.79 Å². The number of hydrogen-bond acceptors (Lipinski definition) is 4. The van der Waals surface area contributed by atoms with Crippen molar-refractivity contribution in [3.05, 3.63) is 71.9 Å². The molecule has 0 bridgehead atoms. The van der Waals surface area contributed by atoms with E-state index < -0.39 is 5.41 Å². The Morgan fingerprint density at radius 2 is 1.62 bits per heavy atom. The van der Waals surface area contributed by atoms with Crippen LogP contribution in [0, 0.1) is 5.41 Å². The number of rotatable bonds is 5. The van der Waals surface area contributed by atoms with Crippen molar-refractivity contribution in [1.82, 2.24) is 9.88 Å². The highest BCUT2D eigenvalue weighted by molar-refractivity contribution is 6.21. The van der Waals surface area contributed by atoms with Crippen LogP contribution in [0.25, 0.3) is 10.9 Å². The number of nitrogens with one attached hydrogen (secondary N) is 1. The van der Waals surface area contributed by atoms with Gasteiger partial charge in [-0.05, 0) is 30.7 Å². The van der Waals surface area contributed by atoms with Crippen molar-refractivity contribution in [3.63, 3.8) is 0 Å². The number of anilines is 1. The van der Waals surface area contributed by atoms with E-state index in [9.17, 15) is 14.4 Å². The van der Waals surface area contributed by atoms with Gasteiger partial charge in [0.05, 0.1) is 22.3 Å². The van der Waals surface area contributed by atoms with Crippen LogP contribution in [0.3, 0.4) is 0 Å². The summed E-state index contributed by atoms with van der Waals surface area (Å²) in [5.74, 6) is -0.799. The maximum atomic E-state index is 12.9. The van der Waals surface area contributed by atoms with Gasteiger partial charge in [-0.2, -0.15) is 0 Å². The van der Waals surface area contributed by atoms with Crippen molar-refractivity contribution in [1.29, 1.82) is 0 Å². The summed E-state index contributed by atoms with van der Waals surface area (Å²) in [7, 11) is 0. The van der Waals surface area contributed by atoms with E-state index in [2.05, 4.69) is 10.3 Å². The molecule has 1 aromatic heterocycles. The molecule has 0 spiro atoms. The molecule has 3 amide bonds. The van der Waals surface area contributed by atoms with Crippen LogP contribution in [0.4, 0.5) is 5.69 Å². The number of hydrogen-bond donors (Lipinski definition) is 1. The van der Waals surface area contributed by atoms with Crippen LogP contribution in [0.15, 0.2) is 60.8 Å². The number of aromatic nitrogens is 1. The number of carbonyl (C=O) groups excluding carboxylic acids is 3. The van der Waals surface area contributed by atoms with Gasteiger partial charge in [-0.1, -0.05) is 44.2 Å². The minimum absolute atomic E-state index is 0.181. The first-order valence-corrected chi connectivity index (χ1v) is 9.49. The lowest BCUT2D eigenvalue weighted by Gasteiger charge is -2.26. The number of carbonyl (C=O) groups is 3. The van der Waals surface area contributed by atoms with E-state index in [1.807, 2.05) is 30.3 Å². The number of nitrogens with zero attached hydrogens (tertiary/aromatic N) is 2. The summed E-state index contributed by atoms with van der Waals surface area (Å²) in [5, 5.41) is 3.89. The molecule has 0 radical (unpaired) electrons. The lowest BCUT2D eigenvalue weighted by atomic mass is 9.87. The van der Waals surface area contributed by atoms with Crippen molar-refractivity contribution in [2.24, 2.45) is 5.41 Å². The van der Waals surface area contributed by atoms with Crippen LogP contribution in [-0.4, -0.2) is 34.2 Å². The Morgan fingerprint density at radius 1 is 0.966 bits per heavy atom. The maximum Gasteiger partial charge on any atom is 0.261 e. The second-order valence-corrected chi connectivity index (χ2v) is 7.78. The molecule has 0 fully saturated rings. The Balaban J connectivity index is 1.47. The molecule has 0 saturated carbocycles. The summed E-state index contributed by atoms with van der Waals surface area (Å²) in [5.41, 5.74) is 1.41. The fourth-order valence-electron chi connectivity index (χ4n) is 3.44. The summed E-state index contributed by atoms with van der Waals surface area (Å²) in [6.07, 6.45) is 2.04. The fraction of sp³-hybridized carbons (Fsp3) is 0.217.